The highest BCUT2D eigenvalue weighted by Crippen LogP contribution is 2.19. The molecule has 1 saturated heterocycles. The number of hydrogen-bond donors (Lipinski definition) is 1. The number of hydrogen-bond acceptors (Lipinski definition) is 3. The molecule has 1 amide bonds. The molecule has 1 aliphatic heterocycles. The van der Waals surface area contributed by atoms with E-state index >= 15 is 0 Å². The number of benzene rings is 1. The van der Waals surface area contributed by atoms with Crippen molar-refractivity contribution in [2.45, 2.75) is 32.8 Å². The second-order valence-electron chi connectivity index (χ2n) is 5.53. The van der Waals surface area contributed by atoms with Gasteiger partial charge in [0.25, 0.3) is 5.91 Å². The van der Waals surface area contributed by atoms with Crippen molar-refractivity contribution in [3.8, 4) is 5.75 Å². The maximum absolute atomic E-state index is 12.3. The molecular weight excluding hydrogens is 254 g/mol. The van der Waals surface area contributed by atoms with Crippen LogP contribution in [0.25, 0.3) is 0 Å². The molecule has 110 valence electrons. The highest BCUT2D eigenvalue weighted by molar-refractivity contribution is 5.81. The van der Waals surface area contributed by atoms with Crippen LogP contribution < -0.4 is 4.74 Å². The minimum Gasteiger partial charge on any atom is -0.481 e. The van der Waals surface area contributed by atoms with Gasteiger partial charge in [0.2, 0.25) is 0 Å². The Hall–Kier alpha value is -1.55. The molecule has 1 heterocycles. The quantitative estimate of drug-likeness (QED) is 0.915. The van der Waals surface area contributed by atoms with Crippen LogP contribution in [-0.2, 0) is 4.79 Å². The highest BCUT2D eigenvalue weighted by atomic mass is 16.5. The minimum atomic E-state index is -0.470. The Labute approximate surface area is 120 Å². The van der Waals surface area contributed by atoms with Crippen LogP contribution in [0.3, 0.4) is 0 Å². The van der Waals surface area contributed by atoms with Crippen LogP contribution in [0.5, 0.6) is 5.75 Å². The number of piperidine rings is 1. The van der Waals surface area contributed by atoms with Gasteiger partial charge in [-0.2, -0.15) is 0 Å². The van der Waals surface area contributed by atoms with Crippen molar-refractivity contribution in [2.75, 3.05) is 19.7 Å². The Morgan fingerprint density at radius 3 is 2.75 bits per heavy atom. The van der Waals surface area contributed by atoms with E-state index in [1.165, 1.54) is 0 Å². The molecule has 0 radical (unpaired) electrons. The average molecular weight is 277 g/mol. The maximum atomic E-state index is 12.3. The zero-order valence-electron chi connectivity index (χ0n) is 12.2. The molecule has 1 unspecified atom stereocenters. The number of likely N-dealkylation sites (tertiary alicyclic amines) is 1. The SMILES string of the molecule is Cc1cccc(OC(C)C(=O)N2CCC(CO)CC2)c1. The fourth-order valence-electron chi connectivity index (χ4n) is 2.54. The first-order valence-corrected chi connectivity index (χ1v) is 7.23. The Kier molecular flexibility index (Phi) is 5.01. The molecule has 1 aliphatic rings. The summed E-state index contributed by atoms with van der Waals surface area (Å²) in [6.45, 7) is 5.44. The number of nitrogens with zero attached hydrogens (tertiary/aromatic N) is 1. The third kappa shape index (κ3) is 3.73. The lowest BCUT2D eigenvalue weighted by Gasteiger charge is -2.32. The molecular formula is C16H23NO3. The zero-order valence-corrected chi connectivity index (χ0v) is 12.2. The van der Waals surface area contributed by atoms with Gasteiger partial charge in [0.05, 0.1) is 0 Å². The molecule has 0 saturated carbocycles. The van der Waals surface area contributed by atoms with Crippen LogP contribution in [0.15, 0.2) is 24.3 Å². The molecule has 1 N–H and O–H groups in total. The van der Waals surface area contributed by atoms with Crippen molar-refractivity contribution < 1.29 is 14.6 Å². The fourth-order valence-corrected chi connectivity index (χ4v) is 2.54. The predicted octanol–water partition coefficient (Wildman–Crippen LogP) is 1.99. The van der Waals surface area contributed by atoms with Crippen molar-refractivity contribution in [2.24, 2.45) is 5.92 Å². The Balaban J connectivity index is 1.89. The number of aliphatic hydroxyl groups excluding tert-OH is 1. The van der Waals surface area contributed by atoms with Gasteiger partial charge in [0.1, 0.15) is 5.75 Å². The largest absolute Gasteiger partial charge is 0.481 e. The molecule has 0 bridgehead atoms. The summed E-state index contributed by atoms with van der Waals surface area (Å²) in [6, 6.07) is 7.73. The van der Waals surface area contributed by atoms with Gasteiger partial charge in [-0.25, -0.2) is 0 Å². The van der Waals surface area contributed by atoms with Gasteiger partial charge in [-0.05, 0) is 50.3 Å². The van der Waals surface area contributed by atoms with Crippen LogP contribution in [0.4, 0.5) is 0 Å². The first kappa shape index (κ1) is 14.9. The Morgan fingerprint density at radius 1 is 1.45 bits per heavy atom. The summed E-state index contributed by atoms with van der Waals surface area (Å²) in [5, 5.41) is 9.12. The predicted molar refractivity (Wildman–Crippen MR) is 77.7 cm³/mol. The number of aliphatic hydroxyl groups is 1. The fraction of sp³-hybridized carbons (Fsp3) is 0.562. The van der Waals surface area contributed by atoms with Crippen LogP contribution in [0.1, 0.15) is 25.3 Å². The monoisotopic (exact) mass is 277 g/mol. The van der Waals surface area contributed by atoms with Crippen LogP contribution in [-0.4, -0.2) is 41.7 Å². The van der Waals surface area contributed by atoms with Crippen molar-refractivity contribution in [3.05, 3.63) is 29.8 Å². The normalized spacial score (nSPS) is 17.9. The molecule has 1 fully saturated rings. The van der Waals surface area contributed by atoms with Gasteiger partial charge in [0, 0.05) is 19.7 Å². The molecule has 1 aromatic carbocycles. The summed E-state index contributed by atoms with van der Waals surface area (Å²) >= 11 is 0. The van der Waals surface area contributed by atoms with E-state index in [9.17, 15) is 4.79 Å². The molecule has 2 rings (SSSR count). The van der Waals surface area contributed by atoms with E-state index in [1.54, 1.807) is 6.92 Å². The number of amides is 1. The smallest absolute Gasteiger partial charge is 0.263 e. The standard InChI is InChI=1S/C16H23NO3/c1-12-4-3-5-15(10-12)20-13(2)16(19)17-8-6-14(11-18)7-9-17/h3-5,10,13-14,18H,6-9,11H2,1-2H3. The third-order valence-corrected chi connectivity index (χ3v) is 3.83. The molecule has 4 heteroatoms. The van der Waals surface area contributed by atoms with Gasteiger partial charge >= 0.3 is 0 Å². The molecule has 0 aliphatic carbocycles. The summed E-state index contributed by atoms with van der Waals surface area (Å²) in [4.78, 5) is 14.2. The van der Waals surface area contributed by atoms with Crippen LogP contribution >= 0.6 is 0 Å². The minimum absolute atomic E-state index is 0.0305. The number of ether oxygens (including phenoxy) is 1. The molecule has 4 nitrogen and oxygen atoms in total. The van der Waals surface area contributed by atoms with E-state index in [1.807, 2.05) is 36.1 Å². The number of carbonyl (C=O) groups is 1. The molecule has 0 aromatic heterocycles. The summed E-state index contributed by atoms with van der Waals surface area (Å²) in [7, 11) is 0. The van der Waals surface area contributed by atoms with Gasteiger partial charge in [-0.3, -0.25) is 4.79 Å². The van der Waals surface area contributed by atoms with E-state index in [0.29, 0.717) is 19.0 Å². The summed E-state index contributed by atoms with van der Waals surface area (Å²) in [6.07, 6.45) is 1.28. The number of carbonyl (C=O) groups excluding carboxylic acids is 1. The first-order chi connectivity index (χ1) is 9.60. The molecule has 1 atom stereocenters. The Morgan fingerprint density at radius 2 is 2.15 bits per heavy atom. The zero-order chi connectivity index (χ0) is 14.5. The average Bonchev–Trinajstić information content (AvgIpc) is 2.46. The number of aryl methyl sites for hydroxylation is 1. The molecule has 0 spiro atoms. The van der Waals surface area contributed by atoms with Gasteiger partial charge in [0.15, 0.2) is 6.10 Å². The molecule has 1 aromatic rings. The Bertz CT molecular complexity index is 453. The van der Waals surface area contributed by atoms with Crippen LogP contribution in [0.2, 0.25) is 0 Å². The highest BCUT2D eigenvalue weighted by Gasteiger charge is 2.26. The van der Waals surface area contributed by atoms with E-state index in [4.69, 9.17) is 9.84 Å². The van der Waals surface area contributed by atoms with Crippen LogP contribution in [0, 0.1) is 12.8 Å². The summed E-state index contributed by atoms with van der Waals surface area (Å²) < 4.78 is 5.72. The number of rotatable bonds is 4. The summed E-state index contributed by atoms with van der Waals surface area (Å²) in [5.74, 6) is 1.10. The second-order valence-corrected chi connectivity index (χ2v) is 5.53. The van der Waals surface area contributed by atoms with Gasteiger partial charge in [-0.1, -0.05) is 12.1 Å². The van der Waals surface area contributed by atoms with Crippen molar-refractivity contribution in [1.29, 1.82) is 0 Å². The van der Waals surface area contributed by atoms with Crippen molar-refractivity contribution >= 4 is 5.91 Å². The maximum Gasteiger partial charge on any atom is 0.263 e. The van der Waals surface area contributed by atoms with Gasteiger partial charge < -0.3 is 14.7 Å². The lowest BCUT2D eigenvalue weighted by Crippen LogP contribution is -2.45. The van der Waals surface area contributed by atoms with E-state index in [2.05, 4.69) is 0 Å². The van der Waals surface area contributed by atoms with Gasteiger partial charge in [-0.15, -0.1) is 0 Å². The van der Waals surface area contributed by atoms with Crippen molar-refractivity contribution in [1.82, 2.24) is 4.90 Å². The topological polar surface area (TPSA) is 49.8 Å². The van der Waals surface area contributed by atoms with Crippen molar-refractivity contribution in [3.63, 3.8) is 0 Å². The first-order valence-electron chi connectivity index (χ1n) is 7.23. The van der Waals surface area contributed by atoms with E-state index in [0.717, 1.165) is 24.2 Å². The lowest BCUT2D eigenvalue weighted by molar-refractivity contribution is -0.139. The molecule has 20 heavy (non-hydrogen) atoms. The summed E-state index contributed by atoms with van der Waals surface area (Å²) in [5.41, 5.74) is 1.12. The second kappa shape index (κ2) is 6.75. The van der Waals surface area contributed by atoms with E-state index in [-0.39, 0.29) is 12.5 Å². The lowest BCUT2D eigenvalue weighted by atomic mass is 9.97. The third-order valence-electron chi connectivity index (χ3n) is 3.83. The van der Waals surface area contributed by atoms with E-state index < -0.39 is 6.10 Å².